The van der Waals surface area contributed by atoms with Crippen LogP contribution in [0.3, 0.4) is 0 Å². The lowest BCUT2D eigenvalue weighted by Gasteiger charge is -2.19. The molecule has 0 unspecified atom stereocenters. The van der Waals surface area contributed by atoms with E-state index >= 15 is 0 Å². The van der Waals surface area contributed by atoms with Crippen molar-refractivity contribution in [2.75, 3.05) is 18.4 Å². The molecular weight excluding hydrogens is 374 g/mol. The highest BCUT2D eigenvalue weighted by Crippen LogP contribution is 2.27. The minimum absolute atomic E-state index is 0.0958. The predicted molar refractivity (Wildman–Crippen MR) is 103 cm³/mol. The summed E-state index contributed by atoms with van der Waals surface area (Å²) in [5.74, 6) is -0.291. The van der Waals surface area contributed by atoms with Crippen LogP contribution in [0.25, 0.3) is 0 Å². The summed E-state index contributed by atoms with van der Waals surface area (Å²) in [4.78, 5) is 16.4. The van der Waals surface area contributed by atoms with Crippen LogP contribution in [0.2, 0.25) is 5.02 Å². The molecule has 1 aromatic heterocycles. The van der Waals surface area contributed by atoms with E-state index < -0.39 is 10.0 Å². The van der Waals surface area contributed by atoms with E-state index in [-0.39, 0.29) is 27.9 Å². The molecule has 0 aliphatic carbocycles. The number of rotatable bonds is 7. The zero-order valence-electron chi connectivity index (χ0n) is 15.0. The van der Waals surface area contributed by atoms with Crippen molar-refractivity contribution in [1.29, 1.82) is 0 Å². The van der Waals surface area contributed by atoms with Crippen LogP contribution < -0.4 is 5.32 Å². The zero-order valence-corrected chi connectivity index (χ0v) is 16.6. The molecule has 0 saturated heterocycles. The molecule has 0 aliphatic rings. The molecule has 1 amide bonds. The van der Waals surface area contributed by atoms with Gasteiger partial charge in [-0.1, -0.05) is 25.4 Å². The van der Waals surface area contributed by atoms with E-state index in [1.807, 2.05) is 13.0 Å². The van der Waals surface area contributed by atoms with E-state index in [2.05, 4.69) is 10.3 Å². The third-order valence-electron chi connectivity index (χ3n) is 4.05. The first-order valence-corrected chi connectivity index (χ1v) is 10.1. The monoisotopic (exact) mass is 395 g/mol. The van der Waals surface area contributed by atoms with Gasteiger partial charge in [0.25, 0.3) is 0 Å². The SMILES string of the molecule is CCN(CC)S(=O)(=O)c1ccc(Cl)c(NC(=O)Cc2cnccc2C)c1. The number of halogens is 1. The van der Waals surface area contributed by atoms with Gasteiger partial charge in [-0.2, -0.15) is 4.31 Å². The summed E-state index contributed by atoms with van der Waals surface area (Å²) in [6, 6.07) is 6.14. The van der Waals surface area contributed by atoms with Gasteiger partial charge in [0.15, 0.2) is 0 Å². The number of pyridine rings is 1. The van der Waals surface area contributed by atoms with Crippen molar-refractivity contribution in [1.82, 2.24) is 9.29 Å². The zero-order chi connectivity index (χ0) is 19.3. The summed E-state index contributed by atoms with van der Waals surface area (Å²) in [7, 11) is -3.63. The van der Waals surface area contributed by atoms with Crippen LogP contribution in [-0.2, 0) is 21.2 Å². The Bertz CT molecular complexity index is 896. The smallest absolute Gasteiger partial charge is 0.243 e. The lowest BCUT2D eigenvalue weighted by Crippen LogP contribution is -2.30. The lowest BCUT2D eigenvalue weighted by molar-refractivity contribution is -0.115. The highest BCUT2D eigenvalue weighted by atomic mass is 35.5. The average Bonchev–Trinajstić information content (AvgIpc) is 2.59. The molecule has 2 rings (SSSR count). The lowest BCUT2D eigenvalue weighted by atomic mass is 10.1. The van der Waals surface area contributed by atoms with Gasteiger partial charge in [0.05, 0.1) is 22.0 Å². The molecule has 26 heavy (non-hydrogen) atoms. The maximum atomic E-state index is 12.6. The molecule has 1 heterocycles. The minimum Gasteiger partial charge on any atom is -0.324 e. The Morgan fingerprint density at radius 1 is 1.23 bits per heavy atom. The van der Waals surface area contributed by atoms with E-state index in [0.29, 0.717) is 13.1 Å². The summed E-state index contributed by atoms with van der Waals surface area (Å²) in [5.41, 5.74) is 2.03. The van der Waals surface area contributed by atoms with Crippen LogP contribution >= 0.6 is 11.6 Å². The van der Waals surface area contributed by atoms with Gasteiger partial charge in [0.2, 0.25) is 15.9 Å². The number of nitrogens with one attached hydrogen (secondary N) is 1. The number of aryl methyl sites for hydroxylation is 1. The maximum Gasteiger partial charge on any atom is 0.243 e. The van der Waals surface area contributed by atoms with Crippen molar-refractivity contribution >= 4 is 33.2 Å². The fraction of sp³-hybridized carbons (Fsp3) is 0.333. The molecule has 0 radical (unpaired) electrons. The second kappa shape index (κ2) is 8.62. The number of anilines is 1. The first kappa shape index (κ1) is 20.4. The van der Waals surface area contributed by atoms with Gasteiger partial charge >= 0.3 is 0 Å². The van der Waals surface area contributed by atoms with E-state index in [0.717, 1.165) is 11.1 Å². The van der Waals surface area contributed by atoms with Gasteiger partial charge in [-0.15, -0.1) is 0 Å². The van der Waals surface area contributed by atoms with E-state index in [1.165, 1.54) is 22.5 Å². The Hall–Kier alpha value is -1.96. The van der Waals surface area contributed by atoms with Gasteiger partial charge in [0, 0.05) is 25.5 Å². The Kier molecular flexibility index (Phi) is 6.75. The molecule has 2 aromatic rings. The number of nitrogens with zero attached hydrogens (tertiary/aromatic N) is 2. The van der Waals surface area contributed by atoms with E-state index in [1.54, 1.807) is 26.2 Å². The topological polar surface area (TPSA) is 79.4 Å². The van der Waals surface area contributed by atoms with Crippen LogP contribution in [0, 0.1) is 6.92 Å². The van der Waals surface area contributed by atoms with Gasteiger partial charge in [-0.25, -0.2) is 8.42 Å². The molecule has 140 valence electrons. The summed E-state index contributed by atoms with van der Waals surface area (Å²) >= 11 is 6.14. The average molecular weight is 396 g/mol. The van der Waals surface area contributed by atoms with Crippen molar-refractivity contribution in [2.24, 2.45) is 0 Å². The van der Waals surface area contributed by atoms with Crippen LogP contribution in [0.5, 0.6) is 0 Å². The molecule has 0 atom stereocenters. The first-order valence-electron chi connectivity index (χ1n) is 8.28. The molecule has 1 N–H and O–H groups in total. The number of amides is 1. The summed E-state index contributed by atoms with van der Waals surface area (Å²) < 4.78 is 26.6. The minimum atomic E-state index is -3.63. The third-order valence-corrected chi connectivity index (χ3v) is 6.43. The van der Waals surface area contributed by atoms with E-state index in [9.17, 15) is 13.2 Å². The predicted octanol–water partition coefficient (Wildman–Crippen LogP) is 3.26. The molecule has 0 bridgehead atoms. The van der Waals surface area contributed by atoms with Crippen molar-refractivity contribution < 1.29 is 13.2 Å². The molecule has 8 heteroatoms. The number of sulfonamides is 1. The van der Waals surface area contributed by atoms with Gasteiger partial charge < -0.3 is 5.32 Å². The van der Waals surface area contributed by atoms with Crippen LogP contribution in [0.15, 0.2) is 41.6 Å². The molecule has 0 aliphatic heterocycles. The molecular formula is C18H22ClN3O3S. The maximum absolute atomic E-state index is 12.6. The van der Waals surface area contributed by atoms with Crippen LogP contribution in [-0.4, -0.2) is 36.7 Å². The molecule has 0 saturated carbocycles. The Balaban J connectivity index is 2.25. The number of benzene rings is 1. The summed E-state index contributed by atoms with van der Waals surface area (Å²) in [6.07, 6.45) is 3.43. The summed E-state index contributed by atoms with van der Waals surface area (Å²) in [6.45, 7) is 6.17. The van der Waals surface area contributed by atoms with Crippen molar-refractivity contribution in [3.8, 4) is 0 Å². The first-order chi connectivity index (χ1) is 12.3. The van der Waals surface area contributed by atoms with Crippen molar-refractivity contribution in [3.05, 3.63) is 52.8 Å². The normalized spacial score (nSPS) is 11.6. The number of hydrogen-bond donors (Lipinski definition) is 1. The Morgan fingerprint density at radius 3 is 2.54 bits per heavy atom. The van der Waals surface area contributed by atoms with Crippen molar-refractivity contribution in [3.63, 3.8) is 0 Å². The number of hydrogen-bond acceptors (Lipinski definition) is 4. The Morgan fingerprint density at radius 2 is 1.92 bits per heavy atom. The quantitative estimate of drug-likeness (QED) is 0.780. The highest BCUT2D eigenvalue weighted by Gasteiger charge is 2.22. The van der Waals surface area contributed by atoms with Crippen LogP contribution in [0.4, 0.5) is 5.69 Å². The standard InChI is InChI=1S/C18H22ClN3O3S/c1-4-22(5-2)26(24,25)15-6-7-16(19)17(11-15)21-18(23)10-14-12-20-9-8-13(14)3/h6-9,11-12H,4-5,10H2,1-3H3,(H,21,23). The van der Waals surface area contributed by atoms with Gasteiger partial charge in [-0.05, 0) is 42.3 Å². The second-order valence-electron chi connectivity index (χ2n) is 5.76. The largest absolute Gasteiger partial charge is 0.324 e. The highest BCUT2D eigenvalue weighted by molar-refractivity contribution is 7.89. The third kappa shape index (κ3) is 4.60. The molecule has 0 fully saturated rings. The molecule has 6 nitrogen and oxygen atoms in total. The number of carbonyl (C=O) groups excluding carboxylic acids is 1. The fourth-order valence-corrected chi connectivity index (χ4v) is 4.17. The van der Waals surface area contributed by atoms with Crippen LogP contribution in [0.1, 0.15) is 25.0 Å². The van der Waals surface area contributed by atoms with Crippen molar-refractivity contribution in [2.45, 2.75) is 32.1 Å². The summed E-state index contributed by atoms with van der Waals surface area (Å²) in [5, 5.41) is 2.97. The van der Waals surface area contributed by atoms with Gasteiger partial charge in [-0.3, -0.25) is 9.78 Å². The van der Waals surface area contributed by atoms with E-state index in [4.69, 9.17) is 11.6 Å². The molecule has 0 spiro atoms. The fourth-order valence-electron chi connectivity index (χ4n) is 2.52. The second-order valence-corrected chi connectivity index (χ2v) is 8.10. The number of aromatic nitrogens is 1. The number of carbonyl (C=O) groups is 1. The Labute approximate surface area is 159 Å². The molecule has 1 aromatic carbocycles. The van der Waals surface area contributed by atoms with Gasteiger partial charge in [0.1, 0.15) is 0 Å².